The monoisotopic (exact) mass is 1270 g/mol. The Hall–Kier alpha value is -8.49. The molecule has 6 N–H and O–H groups in total. The summed E-state index contributed by atoms with van der Waals surface area (Å²) in [6.45, 7) is 14.1. The van der Waals surface area contributed by atoms with Crippen molar-refractivity contribution >= 4 is 80.6 Å². The summed E-state index contributed by atoms with van der Waals surface area (Å²) in [6.07, 6.45) is 19.0. The fourth-order valence-electron chi connectivity index (χ4n) is 13.1. The molecular weight excluding hydrogens is 1180 g/mol. The molecule has 4 saturated heterocycles. The Morgan fingerprint density at radius 3 is 1.42 bits per heavy atom. The van der Waals surface area contributed by atoms with Crippen molar-refractivity contribution in [3.63, 3.8) is 0 Å². The molecule has 10 atom stereocenters. The van der Waals surface area contributed by atoms with Crippen molar-refractivity contribution in [1.29, 1.82) is 0 Å². The molecule has 0 radical (unpaired) electrons. The van der Waals surface area contributed by atoms with Crippen LogP contribution in [0.25, 0.3) is 27.5 Å². The number of nitrogens with one attached hydrogen (secondary N) is 6. The third-order valence-corrected chi connectivity index (χ3v) is 19.2. The zero-order chi connectivity index (χ0) is 66.7. The van der Waals surface area contributed by atoms with E-state index in [-0.39, 0.29) is 47.0 Å². The van der Waals surface area contributed by atoms with Gasteiger partial charge in [0.25, 0.3) is 0 Å². The second-order valence-corrected chi connectivity index (χ2v) is 25.5. The number of benzene rings is 2. The molecule has 4 fully saturated rings. The molecule has 4 aliphatic rings. The SMILES string of the molecule is CCC(=O)CCCCC[C@@H]1NC(=O)[C@H]2CCCCN2C(=O)[C@H](C(C)CC)NC(=O)C(c2cnc3ccccc3c2-[n+]2ccccc2)NC1=O.CCC(=O)CCCCC[C@@H]1NC(=O)[C@H]2CCCCN2C(=O)[C@H](C(C)CC)NC(=O)C(c2cnc3ccccc3c2C)NC1=O. The van der Waals surface area contributed by atoms with Crippen LogP contribution in [0.1, 0.15) is 199 Å². The summed E-state index contributed by atoms with van der Waals surface area (Å²) in [4.78, 5) is 149. The fraction of sp³-hybridized carbons (Fsp3) is 0.542. The van der Waals surface area contributed by atoms with Gasteiger partial charge in [0.05, 0.1) is 22.0 Å². The summed E-state index contributed by atoms with van der Waals surface area (Å²) in [5, 5.41) is 19.5. The van der Waals surface area contributed by atoms with Crippen molar-refractivity contribution in [3.8, 4) is 5.69 Å². The number of unbranched alkanes of at least 4 members (excludes halogenated alkanes) is 4. The minimum absolute atomic E-state index is 0.194. The molecule has 0 bridgehead atoms. The highest BCUT2D eigenvalue weighted by Gasteiger charge is 2.44. The smallest absolute Gasteiger partial charge is 0.248 e. The molecule has 498 valence electrons. The largest absolute Gasteiger partial charge is 0.343 e. The molecule has 9 rings (SSSR count). The molecule has 21 heteroatoms. The lowest BCUT2D eigenvalue weighted by Crippen LogP contribution is -2.62. The third kappa shape index (κ3) is 17.6. The first-order chi connectivity index (χ1) is 44.9. The number of amides is 8. The van der Waals surface area contributed by atoms with Gasteiger partial charge in [0.15, 0.2) is 12.4 Å². The number of nitrogens with zero attached hydrogens (tertiary/aromatic N) is 5. The molecule has 0 saturated carbocycles. The number of hydrogen-bond donors (Lipinski definition) is 6. The number of aryl methyl sites for hydroxylation is 1. The number of carbonyl (C=O) groups excluding carboxylic acids is 10. The van der Waals surface area contributed by atoms with Crippen LogP contribution in [0.4, 0.5) is 0 Å². The number of aromatic nitrogens is 3. The van der Waals surface area contributed by atoms with Gasteiger partial charge in [0, 0.05) is 74.2 Å². The van der Waals surface area contributed by atoms with Gasteiger partial charge in [-0.2, -0.15) is 4.57 Å². The van der Waals surface area contributed by atoms with Crippen molar-refractivity contribution < 1.29 is 52.5 Å². The first-order valence-corrected chi connectivity index (χ1v) is 34.0. The molecule has 2 aromatic carbocycles. The van der Waals surface area contributed by atoms with Crippen LogP contribution in [0.5, 0.6) is 0 Å². The fourth-order valence-corrected chi connectivity index (χ4v) is 13.1. The van der Waals surface area contributed by atoms with Gasteiger partial charge in [-0.25, -0.2) is 0 Å². The highest BCUT2D eigenvalue weighted by atomic mass is 16.2. The average molecular weight is 1280 g/mol. The maximum Gasteiger partial charge on any atom is 0.248 e. The van der Waals surface area contributed by atoms with Gasteiger partial charge < -0.3 is 41.7 Å². The minimum atomic E-state index is -1.23. The number of para-hydroxylation sites is 2. The normalized spacial score (nSPS) is 23.3. The van der Waals surface area contributed by atoms with E-state index in [4.69, 9.17) is 0 Å². The zero-order valence-electron chi connectivity index (χ0n) is 55.3. The van der Waals surface area contributed by atoms with Crippen LogP contribution in [0.3, 0.4) is 0 Å². The average Bonchev–Trinajstić information content (AvgIpc) is 0.823. The Bertz CT molecular complexity index is 3490. The minimum Gasteiger partial charge on any atom is -0.343 e. The molecule has 0 aliphatic carbocycles. The Balaban J connectivity index is 0.000000240. The summed E-state index contributed by atoms with van der Waals surface area (Å²) in [7, 11) is 0. The second-order valence-electron chi connectivity index (χ2n) is 25.5. The number of hydrogen-bond acceptors (Lipinski definition) is 12. The molecule has 4 aliphatic heterocycles. The first-order valence-electron chi connectivity index (χ1n) is 34.0. The van der Waals surface area contributed by atoms with Gasteiger partial charge in [-0.1, -0.05) is 116 Å². The van der Waals surface area contributed by atoms with E-state index >= 15 is 0 Å². The number of ketones is 2. The Morgan fingerprint density at radius 2 is 0.946 bits per heavy atom. The van der Waals surface area contributed by atoms with E-state index in [1.54, 1.807) is 22.2 Å². The van der Waals surface area contributed by atoms with Crippen molar-refractivity contribution in [2.24, 2.45) is 11.8 Å². The Labute approximate surface area is 546 Å². The zero-order valence-corrected chi connectivity index (χ0v) is 55.3. The van der Waals surface area contributed by atoms with Crippen LogP contribution in [0.15, 0.2) is 91.5 Å². The van der Waals surface area contributed by atoms with E-state index < -0.39 is 72.0 Å². The molecule has 5 aromatic rings. The van der Waals surface area contributed by atoms with Crippen molar-refractivity contribution in [2.45, 2.75) is 225 Å². The summed E-state index contributed by atoms with van der Waals surface area (Å²) in [5.74, 6) is -3.30. The van der Waals surface area contributed by atoms with E-state index in [1.807, 2.05) is 132 Å². The first kappa shape index (κ1) is 70.4. The molecule has 3 aromatic heterocycles. The van der Waals surface area contributed by atoms with Gasteiger partial charge in [-0.15, -0.1) is 0 Å². The van der Waals surface area contributed by atoms with Gasteiger partial charge >= 0.3 is 0 Å². The number of piperidine rings is 2. The topological polar surface area (TPSA) is 279 Å². The molecular formula is C72H96N11O10+. The number of carbonyl (C=O) groups is 10. The van der Waals surface area contributed by atoms with Gasteiger partial charge in [-0.05, 0) is 107 Å². The molecule has 93 heavy (non-hydrogen) atoms. The number of rotatable bonds is 21. The van der Waals surface area contributed by atoms with Crippen molar-refractivity contribution in [3.05, 3.63) is 108 Å². The number of pyridine rings is 3. The maximum atomic E-state index is 14.5. The summed E-state index contributed by atoms with van der Waals surface area (Å²) >= 11 is 0. The van der Waals surface area contributed by atoms with E-state index in [9.17, 15) is 47.9 Å². The molecule has 7 heterocycles. The van der Waals surface area contributed by atoms with Gasteiger partial charge in [0.2, 0.25) is 52.9 Å². The molecule has 4 unspecified atom stereocenters. The molecule has 8 amide bonds. The van der Waals surface area contributed by atoms with E-state index in [0.717, 1.165) is 54.0 Å². The summed E-state index contributed by atoms with van der Waals surface area (Å²) in [5.41, 5.74) is 3.93. The van der Waals surface area contributed by atoms with Crippen LogP contribution in [-0.4, -0.2) is 128 Å². The molecule has 21 nitrogen and oxygen atoms in total. The molecule has 0 spiro atoms. The van der Waals surface area contributed by atoms with Crippen molar-refractivity contribution in [2.75, 3.05) is 13.1 Å². The van der Waals surface area contributed by atoms with Crippen LogP contribution in [0.2, 0.25) is 0 Å². The summed E-state index contributed by atoms with van der Waals surface area (Å²) in [6, 6.07) is 13.4. The van der Waals surface area contributed by atoms with Crippen LogP contribution in [-0.2, 0) is 47.9 Å². The lowest BCUT2D eigenvalue weighted by atomic mass is 9.92. The van der Waals surface area contributed by atoms with Crippen LogP contribution in [0, 0.1) is 18.8 Å². The second kappa shape index (κ2) is 33.9. The van der Waals surface area contributed by atoms with Gasteiger partial charge in [-0.3, -0.25) is 57.9 Å². The lowest BCUT2D eigenvalue weighted by molar-refractivity contribution is -0.594. The predicted octanol–water partition coefficient (Wildman–Crippen LogP) is 8.05. The summed E-state index contributed by atoms with van der Waals surface area (Å²) < 4.78 is 1.89. The lowest BCUT2D eigenvalue weighted by Gasteiger charge is -2.39. The van der Waals surface area contributed by atoms with Gasteiger partial charge in [0.1, 0.15) is 59.9 Å². The Kier molecular flexibility index (Phi) is 25.7. The van der Waals surface area contributed by atoms with E-state index in [2.05, 4.69) is 41.9 Å². The standard InChI is InChI=1S/C38H48N6O5.C34H47N5O5/c1-4-25(3)32-38(49)44-23-15-12-20-31(44)36(47)40-30(19-9-6-8-16-26(45)5-2)35(46)42-33(37(48)41-32)28-24-39-29-18-11-10-17-27(29)34(28)43-21-13-7-14-22-43;1-5-21(3)29-34(44)39-19-13-12-18-28(39)32(42)36-27(17-9-7-8-14-23(40)6-2)31(41)38-30(33(43)37-29)25-20-35-26-16-11-10-15-24(26)22(25)4/h7,10-11,13-14,17-18,21-22,24-25,30-33H,4-6,8-9,12,15-16,19-20,23H2,1-3H3,(H2-,40,41,42,46,47,48);10-11,15-16,20-21,27-30H,5-9,12-14,17-19H2,1-4H3,(H,36,42)(H,37,43)(H,38,41)/p+1/t25?,30-,31+,32-,33?;21?,27-,28+,29-,30?/m00/s1. The van der Waals surface area contributed by atoms with Crippen molar-refractivity contribution in [1.82, 2.24) is 51.7 Å². The van der Waals surface area contributed by atoms with E-state index in [0.29, 0.717) is 132 Å². The third-order valence-electron chi connectivity index (χ3n) is 19.2. The Morgan fingerprint density at radius 1 is 0.505 bits per heavy atom. The van der Waals surface area contributed by atoms with E-state index in [1.165, 1.54) is 0 Å². The highest BCUT2D eigenvalue weighted by Crippen LogP contribution is 2.31. The number of fused-ring (bicyclic) bond motifs is 4. The quantitative estimate of drug-likeness (QED) is 0.0301. The maximum absolute atomic E-state index is 14.5. The number of Topliss-reactive ketones (excluding diaryl/α,β-unsaturated/α-hetero) is 2. The van der Waals surface area contributed by atoms with Crippen LogP contribution < -0.4 is 36.5 Å². The van der Waals surface area contributed by atoms with Crippen LogP contribution >= 0.6 is 0 Å². The predicted molar refractivity (Wildman–Crippen MR) is 354 cm³/mol. The highest BCUT2D eigenvalue weighted by molar-refractivity contribution is 6.01.